The minimum atomic E-state index is -4.29. The fourth-order valence-electron chi connectivity index (χ4n) is 4.24. The van der Waals surface area contributed by atoms with Gasteiger partial charge in [-0.15, -0.1) is 0 Å². The van der Waals surface area contributed by atoms with Crippen LogP contribution in [0.2, 0.25) is 5.02 Å². The Morgan fingerprint density at radius 1 is 1.21 bits per heavy atom. The van der Waals surface area contributed by atoms with E-state index in [2.05, 4.69) is 10.3 Å². The molecule has 1 aliphatic rings. The Morgan fingerprint density at radius 2 is 1.95 bits per heavy atom. The lowest BCUT2D eigenvalue weighted by atomic mass is 10.2. The van der Waals surface area contributed by atoms with E-state index in [0.717, 1.165) is 0 Å². The molecule has 0 bridgehead atoms. The minimum Gasteiger partial charge on any atom is -0.491 e. The largest absolute Gasteiger partial charge is 0.491 e. The highest BCUT2D eigenvalue weighted by Crippen LogP contribution is 2.36. The van der Waals surface area contributed by atoms with E-state index >= 15 is 0 Å². The molecule has 12 nitrogen and oxygen atoms in total. The highest BCUT2D eigenvalue weighted by atomic mass is 35.5. The Kier molecular flexibility index (Phi) is 8.75. The molecule has 1 aromatic heterocycles. The van der Waals surface area contributed by atoms with E-state index in [4.69, 9.17) is 31.9 Å². The molecule has 208 valence electrons. The van der Waals surface area contributed by atoms with Gasteiger partial charge in [0.1, 0.15) is 29.0 Å². The van der Waals surface area contributed by atoms with Crippen molar-refractivity contribution in [1.82, 2.24) is 9.29 Å². The molecule has 2 heterocycles. The predicted molar refractivity (Wildman–Crippen MR) is 142 cm³/mol. The first-order valence-corrected chi connectivity index (χ1v) is 13.8. The molecule has 1 fully saturated rings. The van der Waals surface area contributed by atoms with Gasteiger partial charge in [0.2, 0.25) is 15.9 Å². The number of para-hydroxylation sites is 1. The molecule has 1 atom stereocenters. The predicted octanol–water partition coefficient (Wildman–Crippen LogP) is 2.58. The SMILES string of the molecule is NC(=O)c1[nH]c2c(NC(=O)CCCC(=O)O)cc(Cl)cc2c1S(=O)(=O)N1CCO[C@H](COc2ccccc2)C1. The van der Waals surface area contributed by atoms with Crippen LogP contribution in [0, 0.1) is 0 Å². The summed E-state index contributed by atoms with van der Waals surface area (Å²) in [6.07, 6.45) is -0.741. The van der Waals surface area contributed by atoms with Crippen molar-refractivity contribution in [2.45, 2.75) is 30.3 Å². The van der Waals surface area contributed by atoms with Crippen LogP contribution in [0.4, 0.5) is 5.69 Å². The zero-order chi connectivity index (χ0) is 28.2. The summed E-state index contributed by atoms with van der Waals surface area (Å²) in [6, 6.07) is 11.8. The molecule has 1 aliphatic heterocycles. The number of H-pyrrole nitrogens is 1. The third kappa shape index (κ3) is 6.68. The number of rotatable bonds is 11. The second kappa shape index (κ2) is 12.0. The summed E-state index contributed by atoms with van der Waals surface area (Å²) in [6.45, 7) is 0.210. The molecule has 0 unspecified atom stereocenters. The molecule has 0 radical (unpaired) electrons. The van der Waals surface area contributed by atoms with E-state index in [1.54, 1.807) is 12.1 Å². The number of anilines is 1. The number of sulfonamides is 1. The summed E-state index contributed by atoms with van der Waals surface area (Å²) in [5.74, 6) is -1.94. The van der Waals surface area contributed by atoms with Crippen LogP contribution in [0.5, 0.6) is 5.75 Å². The molecule has 14 heteroatoms. The highest BCUT2D eigenvalue weighted by Gasteiger charge is 2.36. The molecule has 4 rings (SSSR count). The average molecular weight is 579 g/mol. The van der Waals surface area contributed by atoms with Gasteiger partial charge in [-0.2, -0.15) is 4.31 Å². The summed E-state index contributed by atoms with van der Waals surface area (Å²) in [5, 5.41) is 11.6. The summed E-state index contributed by atoms with van der Waals surface area (Å²) < 4.78 is 40.4. The number of carboxylic acids is 1. The molecule has 0 saturated carbocycles. The van der Waals surface area contributed by atoms with Gasteiger partial charge in [-0.1, -0.05) is 29.8 Å². The molecule has 2 amide bonds. The topological polar surface area (TPSA) is 181 Å². The van der Waals surface area contributed by atoms with Gasteiger partial charge in [-0.3, -0.25) is 14.4 Å². The zero-order valence-corrected chi connectivity index (χ0v) is 22.3. The number of halogens is 1. The fourth-order valence-corrected chi connectivity index (χ4v) is 6.24. The van der Waals surface area contributed by atoms with Crippen molar-refractivity contribution in [3.8, 4) is 5.75 Å². The Labute approximate surface area is 229 Å². The number of hydrogen-bond acceptors (Lipinski definition) is 7. The first-order chi connectivity index (χ1) is 18.6. The van der Waals surface area contributed by atoms with Gasteiger partial charge in [0, 0.05) is 36.3 Å². The zero-order valence-electron chi connectivity index (χ0n) is 20.7. The third-order valence-corrected chi connectivity index (χ3v) is 8.19. The summed E-state index contributed by atoms with van der Waals surface area (Å²) in [5.41, 5.74) is 5.45. The summed E-state index contributed by atoms with van der Waals surface area (Å²) in [4.78, 5) is 37.9. The molecule has 1 saturated heterocycles. The van der Waals surface area contributed by atoms with Gasteiger partial charge in [0.05, 0.1) is 17.8 Å². The monoisotopic (exact) mass is 578 g/mol. The molecule has 39 heavy (non-hydrogen) atoms. The van der Waals surface area contributed by atoms with E-state index in [1.165, 1.54) is 16.4 Å². The number of amides is 2. The van der Waals surface area contributed by atoms with E-state index in [9.17, 15) is 22.8 Å². The van der Waals surface area contributed by atoms with Crippen molar-refractivity contribution < 1.29 is 37.4 Å². The fraction of sp³-hybridized carbons (Fsp3) is 0.320. The smallest absolute Gasteiger partial charge is 0.303 e. The number of benzene rings is 2. The van der Waals surface area contributed by atoms with Crippen LogP contribution in [0.1, 0.15) is 29.8 Å². The van der Waals surface area contributed by atoms with Gasteiger partial charge in [0.25, 0.3) is 5.91 Å². The summed E-state index contributed by atoms with van der Waals surface area (Å²) in [7, 11) is -4.29. The second-order valence-electron chi connectivity index (χ2n) is 8.84. The molecule has 0 spiro atoms. The normalized spacial score (nSPS) is 16.2. The number of nitrogens with two attached hydrogens (primary N) is 1. The Hall–Kier alpha value is -3.65. The number of fused-ring (bicyclic) bond motifs is 1. The Bertz CT molecular complexity index is 1490. The third-order valence-electron chi connectivity index (χ3n) is 6.02. The maximum absolute atomic E-state index is 13.9. The first-order valence-electron chi connectivity index (χ1n) is 12.0. The van der Waals surface area contributed by atoms with Crippen molar-refractivity contribution >= 4 is 56.0 Å². The van der Waals surface area contributed by atoms with E-state index in [1.807, 2.05) is 18.2 Å². The second-order valence-corrected chi connectivity index (χ2v) is 11.2. The van der Waals surface area contributed by atoms with Crippen LogP contribution in [0.15, 0.2) is 47.4 Å². The number of primary amides is 1. The standard InChI is InChI=1S/C25H27ClN4O8S/c26-15-11-18-22(19(12-15)28-20(31)7-4-8-21(32)33)29-23(25(27)34)24(18)39(35,36)30-9-10-37-17(13-30)14-38-16-5-2-1-3-6-16/h1-3,5-6,11-12,17,29H,4,7-10,13-14H2,(H2,27,34)(H,28,31)(H,32,33)/t17-/m0/s1. The molecule has 0 aliphatic carbocycles. The van der Waals surface area contributed by atoms with Crippen LogP contribution in [0.3, 0.4) is 0 Å². The molecular weight excluding hydrogens is 552 g/mol. The lowest BCUT2D eigenvalue weighted by Gasteiger charge is -2.32. The van der Waals surface area contributed by atoms with Gasteiger partial charge in [-0.05, 0) is 30.7 Å². The van der Waals surface area contributed by atoms with Gasteiger partial charge in [-0.25, -0.2) is 8.42 Å². The van der Waals surface area contributed by atoms with E-state index < -0.39 is 33.9 Å². The average Bonchev–Trinajstić information content (AvgIpc) is 3.29. The van der Waals surface area contributed by atoms with Crippen molar-refractivity contribution in [2.75, 3.05) is 31.6 Å². The number of carboxylic acid groups (broad SMARTS) is 1. The number of morpholine rings is 1. The van der Waals surface area contributed by atoms with Crippen LogP contribution in [-0.4, -0.2) is 73.0 Å². The lowest BCUT2D eigenvalue weighted by molar-refractivity contribution is -0.137. The molecule has 2 aromatic carbocycles. The number of aliphatic carboxylic acids is 1. The van der Waals surface area contributed by atoms with Crippen molar-refractivity contribution in [3.63, 3.8) is 0 Å². The highest BCUT2D eigenvalue weighted by molar-refractivity contribution is 7.89. The van der Waals surface area contributed by atoms with Crippen LogP contribution < -0.4 is 15.8 Å². The van der Waals surface area contributed by atoms with Crippen molar-refractivity contribution in [1.29, 1.82) is 0 Å². The van der Waals surface area contributed by atoms with Crippen LogP contribution in [-0.2, 0) is 24.3 Å². The number of carbonyl (C=O) groups is 3. The van der Waals surface area contributed by atoms with Crippen LogP contribution in [0.25, 0.3) is 10.9 Å². The number of nitrogens with zero attached hydrogens (tertiary/aromatic N) is 1. The number of aromatic nitrogens is 1. The Balaban J connectivity index is 1.63. The number of hydrogen-bond donors (Lipinski definition) is 4. The molecular formula is C25H27ClN4O8S. The van der Waals surface area contributed by atoms with Crippen molar-refractivity contribution in [2.24, 2.45) is 5.73 Å². The van der Waals surface area contributed by atoms with Gasteiger partial charge in [0.15, 0.2) is 0 Å². The van der Waals surface area contributed by atoms with E-state index in [0.29, 0.717) is 5.75 Å². The number of nitrogens with one attached hydrogen (secondary N) is 2. The quantitative estimate of drug-likeness (QED) is 0.268. The molecule has 5 N–H and O–H groups in total. The summed E-state index contributed by atoms with van der Waals surface area (Å²) >= 11 is 6.27. The Morgan fingerprint density at radius 3 is 2.64 bits per heavy atom. The lowest BCUT2D eigenvalue weighted by Crippen LogP contribution is -2.47. The first kappa shape index (κ1) is 28.4. The minimum absolute atomic E-state index is 0.0305. The van der Waals surface area contributed by atoms with Gasteiger partial charge >= 0.3 is 5.97 Å². The van der Waals surface area contributed by atoms with Crippen molar-refractivity contribution in [3.05, 3.63) is 53.2 Å². The maximum atomic E-state index is 13.9. The molecule has 3 aromatic rings. The van der Waals surface area contributed by atoms with Gasteiger partial charge < -0.3 is 30.6 Å². The number of carbonyl (C=O) groups excluding carboxylic acids is 2. The maximum Gasteiger partial charge on any atom is 0.303 e. The number of ether oxygens (including phenoxy) is 2. The number of aromatic amines is 1. The van der Waals surface area contributed by atoms with E-state index in [-0.39, 0.29) is 77.8 Å². The van der Waals surface area contributed by atoms with Crippen LogP contribution >= 0.6 is 11.6 Å².